The van der Waals surface area contributed by atoms with E-state index in [2.05, 4.69) is 10.6 Å². The third kappa shape index (κ3) is 5.36. The first-order valence-electron chi connectivity index (χ1n) is 9.39. The Kier molecular flexibility index (Phi) is 5.94. The van der Waals surface area contributed by atoms with E-state index in [1.807, 2.05) is 6.07 Å². The Hall–Kier alpha value is -2.85. The van der Waals surface area contributed by atoms with Crippen molar-refractivity contribution in [3.63, 3.8) is 0 Å². The van der Waals surface area contributed by atoms with Crippen LogP contribution in [0.25, 0.3) is 0 Å². The standard InChI is InChI=1S/C22H22F3N3O/c1-15-7-9-17(10-8-15)19(22(23,24)25)27-18(13-16-5-3-2-4-6-16)20(29)28-21(14-26)11-12-21/h2-10,18-19,27H,11-13H2,1H3,(H,28,29)/t18-,19+/m1/s1. The molecule has 1 aliphatic carbocycles. The number of amides is 1. The van der Waals surface area contributed by atoms with Crippen LogP contribution in [0, 0.1) is 18.3 Å². The highest BCUT2D eigenvalue weighted by Gasteiger charge is 2.47. The van der Waals surface area contributed by atoms with Crippen molar-refractivity contribution in [2.75, 3.05) is 0 Å². The minimum atomic E-state index is -4.59. The van der Waals surface area contributed by atoms with Crippen LogP contribution in [-0.4, -0.2) is 23.7 Å². The SMILES string of the molecule is Cc1ccc([C@H](N[C@H](Cc2ccccc2)C(=O)NC2(C#N)CC2)C(F)(F)F)cc1. The Bertz CT molecular complexity index is 884. The van der Waals surface area contributed by atoms with Crippen LogP contribution in [0.4, 0.5) is 13.2 Å². The smallest absolute Gasteiger partial charge is 0.336 e. The maximum Gasteiger partial charge on any atom is 0.407 e. The summed E-state index contributed by atoms with van der Waals surface area (Å²) in [5.41, 5.74) is 0.658. The molecule has 0 unspecified atom stereocenters. The van der Waals surface area contributed by atoms with E-state index in [1.165, 1.54) is 12.1 Å². The van der Waals surface area contributed by atoms with Gasteiger partial charge in [0.1, 0.15) is 11.6 Å². The van der Waals surface area contributed by atoms with E-state index in [0.29, 0.717) is 12.8 Å². The van der Waals surface area contributed by atoms with Crippen LogP contribution in [0.15, 0.2) is 54.6 Å². The molecule has 2 aromatic carbocycles. The number of hydrogen-bond donors (Lipinski definition) is 2. The second-order valence-electron chi connectivity index (χ2n) is 7.48. The van der Waals surface area contributed by atoms with Crippen molar-refractivity contribution >= 4 is 5.91 Å². The molecule has 1 amide bonds. The number of carbonyl (C=O) groups is 1. The summed E-state index contributed by atoms with van der Waals surface area (Å²) >= 11 is 0. The predicted octanol–water partition coefficient (Wildman–Crippen LogP) is 3.97. The fourth-order valence-corrected chi connectivity index (χ4v) is 3.13. The maximum absolute atomic E-state index is 13.8. The number of nitrogens with zero attached hydrogens (tertiary/aromatic N) is 1. The minimum Gasteiger partial charge on any atom is -0.336 e. The van der Waals surface area contributed by atoms with Crippen molar-refractivity contribution in [1.82, 2.24) is 10.6 Å². The highest BCUT2D eigenvalue weighted by atomic mass is 19.4. The fourth-order valence-electron chi connectivity index (χ4n) is 3.13. The normalized spacial score (nSPS) is 17.1. The number of nitrogens with one attached hydrogen (secondary N) is 2. The van der Waals surface area contributed by atoms with Crippen molar-refractivity contribution in [1.29, 1.82) is 5.26 Å². The first-order chi connectivity index (χ1) is 13.7. The topological polar surface area (TPSA) is 64.9 Å². The van der Waals surface area contributed by atoms with Crippen LogP contribution in [0.1, 0.15) is 35.6 Å². The first-order valence-corrected chi connectivity index (χ1v) is 9.39. The summed E-state index contributed by atoms with van der Waals surface area (Å²) in [6, 6.07) is 13.8. The molecule has 29 heavy (non-hydrogen) atoms. The lowest BCUT2D eigenvalue weighted by Gasteiger charge is -2.28. The van der Waals surface area contributed by atoms with Gasteiger partial charge in [-0.3, -0.25) is 10.1 Å². The van der Waals surface area contributed by atoms with Gasteiger partial charge >= 0.3 is 6.18 Å². The molecule has 1 fully saturated rings. The number of alkyl halides is 3. The van der Waals surface area contributed by atoms with Crippen molar-refractivity contribution in [2.45, 2.75) is 50.0 Å². The van der Waals surface area contributed by atoms with Gasteiger partial charge < -0.3 is 5.32 Å². The maximum atomic E-state index is 13.8. The molecule has 0 heterocycles. The van der Waals surface area contributed by atoms with E-state index in [1.54, 1.807) is 49.4 Å². The van der Waals surface area contributed by atoms with Crippen LogP contribution in [0.5, 0.6) is 0 Å². The highest BCUT2D eigenvalue weighted by molar-refractivity contribution is 5.83. The van der Waals surface area contributed by atoms with E-state index >= 15 is 0 Å². The minimum absolute atomic E-state index is 0.0374. The number of carbonyl (C=O) groups excluding carboxylic acids is 1. The molecule has 2 aromatic rings. The second-order valence-corrected chi connectivity index (χ2v) is 7.48. The molecule has 0 aromatic heterocycles. The summed E-state index contributed by atoms with van der Waals surface area (Å²) in [6.07, 6.45) is -3.49. The average Bonchev–Trinajstić information content (AvgIpc) is 3.46. The summed E-state index contributed by atoms with van der Waals surface area (Å²) in [4.78, 5) is 12.8. The lowest BCUT2D eigenvalue weighted by Crippen LogP contribution is -2.52. The first kappa shape index (κ1) is 20.9. The van der Waals surface area contributed by atoms with Crippen LogP contribution in [0.2, 0.25) is 0 Å². The molecular weight excluding hydrogens is 379 g/mol. The zero-order chi connectivity index (χ0) is 21.1. The summed E-state index contributed by atoms with van der Waals surface area (Å²) in [5.74, 6) is -0.603. The van der Waals surface area contributed by atoms with Crippen molar-refractivity contribution in [3.8, 4) is 6.07 Å². The van der Waals surface area contributed by atoms with Gasteiger partial charge in [0.2, 0.25) is 5.91 Å². The summed E-state index contributed by atoms with van der Waals surface area (Å²) in [7, 11) is 0. The van der Waals surface area contributed by atoms with Gasteiger partial charge in [-0.2, -0.15) is 18.4 Å². The van der Waals surface area contributed by atoms with Gasteiger partial charge in [-0.05, 0) is 37.3 Å². The predicted molar refractivity (Wildman–Crippen MR) is 103 cm³/mol. The van der Waals surface area contributed by atoms with E-state index in [4.69, 9.17) is 0 Å². The van der Waals surface area contributed by atoms with Gasteiger partial charge in [-0.25, -0.2) is 0 Å². The molecule has 2 atom stereocenters. The summed E-state index contributed by atoms with van der Waals surface area (Å²) < 4.78 is 41.5. The third-order valence-corrected chi connectivity index (χ3v) is 5.03. The largest absolute Gasteiger partial charge is 0.407 e. The van der Waals surface area contributed by atoms with Gasteiger partial charge in [0.25, 0.3) is 0 Å². The van der Waals surface area contributed by atoms with Crippen LogP contribution in [-0.2, 0) is 11.2 Å². The Morgan fingerprint density at radius 3 is 2.28 bits per heavy atom. The zero-order valence-corrected chi connectivity index (χ0v) is 16.0. The van der Waals surface area contributed by atoms with Crippen molar-refractivity contribution in [3.05, 3.63) is 71.3 Å². The van der Waals surface area contributed by atoms with Gasteiger partial charge in [0.15, 0.2) is 0 Å². The number of aryl methyl sites for hydroxylation is 1. The molecular formula is C22H22F3N3O. The van der Waals surface area contributed by atoms with E-state index < -0.39 is 29.7 Å². The van der Waals surface area contributed by atoms with Crippen molar-refractivity contribution in [2.24, 2.45) is 0 Å². The molecule has 3 rings (SSSR count). The van der Waals surface area contributed by atoms with Crippen molar-refractivity contribution < 1.29 is 18.0 Å². The number of halogens is 3. The second kappa shape index (κ2) is 8.26. The molecule has 7 heteroatoms. The molecule has 0 saturated heterocycles. The molecule has 2 N–H and O–H groups in total. The Morgan fingerprint density at radius 1 is 1.14 bits per heavy atom. The van der Waals surface area contributed by atoms with Gasteiger partial charge in [0, 0.05) is 0 Å². The number of rotatable bonds is 7. The van der Waals surface area contributed by atoms with E-state index in [9.17, 15) is 23.2 Å². The molecule has 1 aliphatic rings. The van der Waals surface area contributed by atoms with E-state index in [0.717, 1.165) is 11.1 Å². The monoisotopic (exact) mass is 401 g/mol. The Labute approximate surface area is 167 Å². The molecule has 0 aliphatic heterocycles. The van der Waals surface area contributed by atoms with E-state index in [-0.39, 0.29) is 12.0 Å². The molecule has 0 bridgehead atoms. The molecule has 4 nitrogen and oxygen atoms in total. The quantitative estimate of drug-likeness (QED) is 0.738. The van der Waals surface area contributed by atoms with Gasteiger partial charge in [0.05, 0.1) is 12.1 Å². The molecule has 152 valence electrons. The Morgan fingerprint density at radius 2 is 1.76 bits per heavy atom. The summed E-state index contributed by atoms with van der Waals surface area (Å²) in [5, 5.41) is 14.4. The summed E-state index contributed by atoms with van der Waals surface area (Å²) in [6.45, 7) is 1.79. The lowest BCUT2D eigenvalue weighted by atomic mass is 10.00. The molecule has 0 radical (unpaired) electrons. The zero-order valence-electron chi connectivity index (χ0n) is 16.0. The number of benzene rings is 2. The molecule has 0 spiro atoms. The van der Waals surface area contributed by atoms with Crippen LogP contribution < -0.4 is 10.6 Å². The third-order valence-electron chi connectivity index (χ3n) is 5.03. The van der Waals surface area contributed by atoms with Crippen LogP contribution in [0.3, 0.4) is 0 Å². The van der Waals surface area contributed by atoms with Gasteiger partial charge in [-0.1, -0.05) is 60.2 Å². The number of hydrogen-bond acceptors (Lipinski definition) is 3. The fraction of sp³-hybridized carbons (Fsp3) is 0.364. The Balaban J connectivity index is 1.87. The van der Waals surface area contributed by atoms with Gasteiger partial charge in [-0.15, -0.1) is 0 Å². The highest BCUT2D eigenvalue weighted by Crippen LogP contribution is 2.36. The molecule has 1 saturated carbocycles. The number of nitriles is 1. The van der Waals surface area contributed by atoms with Crippen LogP contribution >= 0.6 is 0 Å². The lowest BCUT2D eigenvalue weighted by molar-refractivity contribution is -0.161. The average molecular weight is 401 g/mol.